The van der Waals surface area contributed by atoms with Gasteiger partial charge in [-0.2, -0.15) is 0 Å². The number of para-hydroxylation sites is 1. The van der Waals surface area contributed by atoms with E-state index in [4.69, 9.17) is 10.7 Å². The number of fused-ring (bicyclic) bond motifs is 5. The molecule has 0 saturated heterocycles. The third-order valence-electron chi connectivity index (χ3n) is 9.56. The van der Waals surface area contributed by atoms with E-state index >= 15 is 0 Å². The molecule has 228 valence electrons. The van der Waals surface area contributed by atoms with Gasteiger partial charge < -0.3 is 10.3 Å². The van der Waals surface area contributed by atoms with Gasteiger partial charge in [0.05, 0.1) is 17.6 Å². The third-order valence-corrected chi connectivity index (χ3v) is 9.56. The van der Waals surface area contributed by atoms with E-state index in [1.165, 1.54) is 60.4 Å². The molecule has 2 N–H and O–H groups in total. The fourth-order valence-electron chi connectivity index (χ4n) is 7.19. The zero-order valence-corrected chi connectivity index (χ0v) is 26.6. The highest BCUT2D eigenvalue weighted by Gasteiger charge is 2.19. The normalized spacial score (nSPS) is 14.1. The molecular weight excluding hydrogens is 571 g/mol. The number of aryl methyl sites for hydroxylation is 1. The molecule has 1 unspecified atom stereocenters. The maximum Gasteiger partial charge on any atom is 0.125 e. The number of nitrogens with two attached hydrogens (primary N) is 1. The van der Waals surface area contributed by atoms with Crippen molar-refractivity contribution in [3.63, 3.8) is 0 Å². The van der Waals surface area contributed by atoms with E-state index in [-0.39, 0.29) is 5.92 Å². The Kier molecular flexibility index (Phi) is 7.51. The van der Waals surface area contributed by atoms with E-state index in [1.54, 1.807) is 0 Å². The van der Waals surface area contributed by atoms with Crippen molar-refractivity contribution in [2.45, 2.75) is 25.7 Å². The largest absolute Gasteiger partial charge is 0.384 e. The molecule has 0 saturated carbocycles. The number of aromatic nitrogens is 1. The summed E-state index contributed by atoms with van der Waals surface area (Å²) in [5, 5.41) is 5.11. The maximum atomic E-state index is 6.64. The number of aliphatic imine (C=N–C) groups is 1. The maximum absolute atomic E-state index is 6.64. The predicted molar refractivity (Wildman–Crippen MR) is 200 cm³/mol. The molecule has 1 aliphatic rings. The van der Waals surface area contributed by atoms with E-state index in [1.807, 2.05) is 0 Å². The van der Waals surface area contributed by atoms with Gasteiger partial charge in [-0.05, 0) is 76.6 Å². The lowest BCUT2D eigenvalue weighted by molar-refractivity contribution is 0.818. The Bertz CT molecular complexity index is 2340. The Morgan fingerprint density at radius 1 is 0.745 bits per heavy atom. The summed E-state index contributed by atoms with van der Waals surface area (Å²) < 4.78 is 2.44. The first-order valence-electron chi connectivity index (χ1n) is 16.5. The molecule has 8 rings (SSSR count). The number of amidine groups is 1. The average molecular weight is 608 g/mol. The number of nitrogens with zero attached hydrogens (tertiary/aromatic N) is 2. The summed E-state index contributed by atoms with van der Waals surface area (Å²) in [5.41, 5.74) is 17.4. The number of rotatable bonds is 7. The van der Waals surface area contributed by atoms with E-state index in [2.05, 4.69) is 163 Å². The van der Waals surface area contributed by atoms with Gasteiger partial charge in [0, 0.05) is 27.9 Å². The molecule has 3 heteroatoms. The fourth-order valence-corrected chi connectivity index (χ4v) is 7.19. The van der Waals surface area contributed by atoms with Crippen LogP contribution in [0.5, 0.6) is 0 Å². The van der Waals surface area contributed by atoms with Crippen molar-refractivity contribution in [3.8, 4) is 5.69 Å². The van der Waals surface area contributed by atoms with Gasteiger partial charge >= 0.3 is 0 Å². The van der Waals surface area contributed by atoms with Crippen LogP contribution in [0.15, 0.2) is 157 Å². The Morgan fingerprint density at radius 2 is 1.51 bits per heavy atom. The molecule has 1 aliphatic carbocycles. The number of allylic oxidation sites excluding steroid dienone is 4. The molecule has 0 aliphatic heterocycles. The van der Waals surface area contributed by atoms with Gasteiger partial charge in [0.15, 0.2) is 0 Å². The Balaban J connectivity index is 1.20. The first-order valence-corrected chi connectivity index (χ1v) is 16.5. The van der Waals surface area contributed by atoms with Crippen molar-refractivity contribution in [2.75, 3.05) is 6.54 Å². The quantitative estimate of drug-likeness (QED) is 0.142. The number of benzene rings is 6. The molecular formula is C44H37N3. The molecule has 7 aromatic rings. The second-order valence-electron chi connectivity index (χ2n) is 12.5. The fraction of sp³-hybridized carbons (Fsp3) is 0.114. The van der Waals surface area contributed by atoms with Crippen LogP contribution in [-0.4, -0.2) is 16.9 Å². The van der Waals surface area contributed by atoms with Gasteiger partial charge in [-0.1, -0.05) is 133 Å². The van der Waals surface area contributed by atoms with Crippen molar-refractivity contribution >= 4 is 44.0 Å². The summed E-state index contributed by atoms with van der Waals surface area (Å²) in [5.74, 6) is 0.605. The zero-order valence-electron chi connectivity index (χ0n) is 26.6. The van der Waals surface area contributed by atoms with Crippen LogP contribution in [0.2, 0.25) is 0 Å². The standard InChI is InChI=1S/C44H37N3/c1-30-12-10-21-39-42-38-20-9-8-17-34(38)26-27-41(42)47(43(30)39)37-19-11-18-36(28-37)40(33-15-6-3-7-16-33)29-46-44(45)35-24-22-32(23-25-35)31-13-4-2-5-14-31/h3-4,6-28,40H,2,5,29H2,1H3,(H2,45,46). The lowest BCUT2D eigenvalue weighted by Crippen LogP contribution is -2.16. The molecule has 6 aromatic carbocycles. The molecule has 0 fully saturated rings. The van der Waals surface area contributed by atoms with E-state index in [9.17, 15) is 0 Å². The molecule has 0 bridgehead atoms. The minimum absolute atomic E-state index is 0.0431. The number of hydrogen-bond donors (Lipinski definition) is 1. The summed E-state index contributed by atoms with van der Waals surface area (Å²) in [6, 6.07) is 48.0. The van der Waals surface area contributed by atoms with Gasteiger partial charge in [-0.25, -0.2) is 0 Å². The van der Waals surface area contributed by atoms with Crippen molar-refractivity contribution in [2.24, 2.45) is 10.7 Å². The van der Waals surface area contributed by atoms with Crippen LogP contribution < -0.4 is 5.73 Å². The highest BCUT2D eigenvalue weighted by molar-refractivity contribution is 6.21. The summed E-state index contributed by atoms with van der Waals surface area (Å²) in [6.45, 7) is 2.76. The van der Waals surface area contributed by atoms with Crippen molar-refractivity contribution in [3.05, 3.63) is 180 Å². The van der Waals surface area contributed by atoms with Gasteiger partial charge in [-0.15, -0.1) is 0 Å². The van der Waals surface area contributed by atoms with Crippen molar-refractivity contribution in [1.82, 2.24) is 4.57 Å². The lowest BCUT2D eigenvalue weighted by Gasteiger charge is -2.19. The van der Waals surface area contributed by atoms with Gasteiger partial charge in [0.1, 0.15) is 5.84 Å². The molecule has 1 aromatic heterocycles. The van der Waals surface area contributed by atoms with Gasteiger partial charge in [0.2, 0.25) is 0 Å². The molecule has 0 spiro atoms. The minimum Gasteiger partial charge on any atom is -0.384 e. The topological polar surface area (TPSA) is 43.3 Å². The van der Waals surface area contributed by atoms with Crippen LogP contribution in [0.25, 0.3) is 43.8 Å². The van der Waals surface area contributed by atoms with Crippen LogP contribution in [0.1, 0.15) is 46.6 Å². The van der Waals surface area contributed by atoms with Crippen LogP contribution >= 0.6 is 0 Å². The summed E-state index contributed by atoms with van der Waals surface area (Å²) >= 11 is 0. The van der Waals surface area contributed by atoms with Crippen LogP contribution in [0.3, 0.4) is 0 Å². The first kappa shape index (κ1) is 28.8. The van der Waals surface area contributed by atoms with Crippen LogP contribution in [0.4, 0.5) is 0 Å². The Morgan fingerprint density at radius 3 is 2.34 bits per heavy atom. The summed E-state index contributed by atoms with van der Waals surface area (Å²) in [7, 11) is 0. The Hall–Kier alpha value is -5.67. The number of hydrogen-bond acceptors (Lipinski definition) is 1. The van der Waals surface area contributed by atoms with E-state index in [0.29, 0.717) is 12.4 Å². The van der Waals surface area contributed by atoms with Gasteiger partial charge in [0.25, 0.3) is 0 Å². The van der Waals surface area contributed by atoms with Crippen molar-refractivity contribution < 1.29 is 0 Å². The average Bonchev–Trinajstić information content (AvgIpc) is 3.49. The minimum atomic E-state index is 0.0431. The first-order chi connectivity index (χ1) is 23.2. The lowest BCUT2D eigenvalue weighted by atomic mass is 9.91. The Labute approximate surface area is 276 Å². The molecule has 1 heterocycles. The summed E-state index contributed by atoms with van der Waals surface area (Å²) in [4.78, 5) is 4.99. The monoisotopic (exact) mass is 607 g/mol. The van der Waals surface area contributed by atoms with E-state index < -0.39 is 0 Å². The SMILES string of the molecule is Cc1cccc2c3c4ccccc4ccc3n(-c3cccc(C(CN=C(N)c4ccc(C5=CCCC=C5)cc4)c4ccccc4)c3)c12. The summed E-state index contributed by atoms with van der Waals surface area (Å²) in [6.07, 6.45) is 8.95. The smallest absolute Gasteiger partial charge is 0.125 e. The van der Waals surface area contributed by atoms with Gasteiger partial charge in [-0.3, -0.25) is 4.99 Å². The van der Waals surface area contributed by atoms with Crippen molar-refractivity contribution in [1.29, 1.82) is 0 Å². The van der Waals surface area contributed by atoms with Crippen LogP contribution in [-0.2, 0) is 0 Å². The van der Waals surface area contributed by atoms with Crippen LogP contribution in [0, 0.1) is 6.92 Å². The molecule has 1 atom stereocenters. The predicted octanol–water partition coefficient (Wildman–Crippen LogP) is 10.5. The van der Waals surface area contributed by atoms with E-state index in [0.717, 1.165) is 24.1 Å². The third kappa shape index (κ3) is 5.34. The molecule has 47 heavy (non-hydrogen) atoms. The highest BCUT2D eigenvalue weighted by atomic mass is 15.0. The highest BCUT2D eigenvalue weighted by Crippen LogP contribution is 2.39. The second kappa shape index (κ2) is 12.3. The zero-order chi connectivity index (χ0) is 31.7. The molecule has 0 radical (unpaired) electrons. The molecule has 0 amide bonds. The second-order valence-corrected chi connectivity index (χ2v) is 12.5. The molecule has 3 nitrogen and oxygen atoms in total.